The zero-order valence-electron chi connectivity index (χ0n) is 17.5. The molecule has 7 nitrogen and oxygen atoms in total. The van der Waals surface area contributed by atoms with E-state index in [-0.39, 0.29) is 17.9 Å². The van der Waals surface area contributed by atoms with E-state index in [4.69, 9.17) is 39.1 Å². The molecule has 1 spiro atoms. The summed E-state index contributed by atoms with van der Waals surface area (Å²) in [4.78, 5) is 10.1. The first-order valence-corrected chi connectivity index (χ1v) is 11.2. The Morgan fingerprint density at radius 1 is 1.21 bits per heavy atom. The van der Waals surface area contributed by atoms with Crippen LogP contribution in [0.5, 0.6) is 5.75 Å². The van der Waals surface area contributed by atoms with Crippen LogP contribution in [-0.4, -0.2) is 40.9 Å². The van der Waals surface area contributed by atoms with Crippen molar-refractivity contribution < 1.29 is 9.13 Å². The molecule has 10 heteroatoms. The Kier molecular flexibility index (Phi) is 5.60. The van der Waals surface area contributed by atoms with Crippen molar-refractivity contribution in [2.75, 3.05) is 30.3 Å². The molecular weight excluding hydrogens is 466 g/mol. The molecule has 0 atom stereocenters. The van der Waals surface area contributed by atoms with E-state index >= 15 is 0 Å². The number of nitrogens with one attached hydrogen (secondary N) is 2. The fraction of sp³-hybridized carbons (Fsp3) is 0.261. The van der Waals surface area contributed by atoms with Gasteiger partial charge in [0.15, 0.2) is 11.6 Å². The Morgan fingerprint density at radius 3 is 2.58 bits per heavy atom. The monoisotopic (exact) mass is 486 g/mol. The molecule has 4 N–H and O–H groups in total. The van der Waals surface area contributed by atoms with E-state index in [1.54, 1.807) is 18.2 Å². The van der Waals surface area contributed by atoms with E-state index in [1.165, 1.54) is 24.7 Å². The average molecular weight is 487 g/mol. The molecular formula is C23H21Cl2FN6O. The van der Waals surface area contributed by atoms with Gasteiger partial charge in [0.1, 0.15) is 12.4 Å². The van der Waals surface area contributed by atoms with Crippen molar-refractivity contribution >= 4 is 40.4 Å². The highest BCUT2D eigenvalue weighted by Crippen LogP contribution is 2.34. The van der Waals surface area contributed by atoms with Crippen LogP contribution in [0.3, 0.4) is 0 Å². The summed E-state index contributed by atoms with van der Waals surface area (Å²) in [5.74, 6) is 0.318. The second kappa shape index (κ2) is 8.44. The summed E-state index contributed by atoms with van der Waals surface area (Å²) in [5, 5.41) is 12.8. The van der Waals surface area contributed by atoms with E-state index < -0.39 is 5.82 Å². The van der Waals surface area contributed by atoms with Gasteiger partial charge in [0.2, 0.25) is 0 Å². The molecule has 0 saturated carbocycles. The van der Waals surface area contributed by atoms with Crippen LogP contribution in [0.1, 0.15) is 23.1 Å². The van der Waals surface area contributed by atoms with Crippen molar-refractivity contribution in [1.82, 2.24) is 15.3 Å². The molecule has 0 amide bonds. The number of benzene rings is 1. The lowest BCUT2D eigenvalue weighted by Crippen LogP contribution is -2.76. The maximum absolute atomic E-state index is 14.8. The summed E-state index contributed by atoms with van der Waals surface area (Å²) in [6.07, 6.45) is 5.59. The number of halogens is 3. The van der Waals surface area contributed by atoms with E-state index in [0.717, 1.165) is 26.1 Å². The average Bonchev–Trinajstić information content (AvgIpc) is 2.73. The molecule has 0 aliphatic carbocycles. The molecule has 170 valence electrons. The second-order valence-corrected chi connectivity index (χ2v) is 9.15. The Morgan fingerprint density at radius 2 is 1.94 bits per heavy atom. The Balaban J connectivity index is 1.32. The Hall–Kier alpha value is -2.94. The number of anilines is 2. The molecule has 2 aliphatic heterocycles. The molecule has 0 radical (unpaired) electrons. The second-order valence-electron chi connectivity index (χ2n) is 8.34. The number of nitrogen functional groups attached to an aromatic ring is 1. The quantitative estimate of drug-likeness (QED) is 0.358. The van der Waals surface area contributed by atoms with Crippen LogP contribution >= 0.6 is 23.2 Å². The lowest BCUT2D eigenvalue weighted by Gasteiger charge is -2.56. The normalized spacial score (nSPS) is 16.3. The minimum absolute atomic E-state index is 0.0524. The van der Waals surface area contributed by atoms with Gasteiger partial charge in [-0.2, -0.15) is 0 Å². The highest BCUT2D eigenvalue weighted by Gasteiger charge is 2.48. The molecule has 5 rings (SSSR count). The number of rotatable bonds is 6. The van der Waals surface area contributed by atoms with Gasteiger partial charge in [-0.3, -0.25) is 10.4 Å². The van der Waals surface area contributed by atoms with Gasteiger partial charge in [-0.25, -0.2) is 9.37 Å². The summed E-state index contributed by atoms with van der Waals surface area (Å²) < 4.78 is 20.6. The van der Waals surface area contributed by atoms with Gasteiger partial charge in [-0.05, 0) is 37.2 Å². The summed E-state index contributed by atoms with van der Waals surface area (Å²) >= 11 is 12.3. The number of nitrogens with two attached hydrogens (primary N) is 1. The van der Waals surface area contributed by atoms with Crippen molar-refractivity contribution in [3.8, 4) is 5.75 Å². The van der Waals surface area contributed by atoms with Crippen LogP contribution in [0.4, 0.5) is 15.9 Å². The minimum atomic E-state index is -0.459. The number of hydrogen-bond acceptors (Lipinski definition) is 7. The third kappa shape index (κ3) is 4.10. The zero-order valence-corrected chi connectivity index (χ0v) is 19.0. The predicted molar refractivity (Wildman–Crippen MR) is 127 cm³/mol. The summed E-state index contributed by atoms with van der Waals surface area (Å²) in [5.41, 5.74) is 8.00. The van der Waals surface area contributed by atoms with Gasteiger partial charge in [-0.1, -0.05) is 23.2 Å². The topological polar surface area (TPSA) is 100 Å². The van der Waals surface area contributed by atoms with Gasteiger partial charge in [-0.15, -0.1) is 0 Å². The Labute approximate surface area is 200 Å². The molecule has 0 unspecified atom stereocenters. The van der Waals surface area contributed by atoms with Gasteiger partial charge in [0.05, 0.1) is 21.3 Å². The van der Waals surface area contributed by atoms with E-state index in [2.05, 4.69) is 15.3 Å². The standard InChI is InChI=1S/C23H21Cl2FN6O/c24-17-8-29-9-18(25)16(17)10-33-14-1-2-20(27)15(6-14)21(28)13-5-19(26)22(30-7-13)32-11-23(12-32)3-4-31-23/h1-2,5-9,28,31H,3-4,10-12,27H2. The van der Waals surface area contributed by atoms with Crippen LogP contribution in [-0.2, 0) is 6.61 Å². The lowest BCUT2D eigenvalue weighted by atomic mass is 9.80. The summed E-state index contributed by atoms with van der Waals surface area (Å²) in [7, 11) is 0. The van der Waals surface area contributed by atoms with Gasteiger partial charge in [0.25, 0.3) is 0 Å². The van der Waals surface area contributed by atoms with Crippen molar-refractivity contribution in [1.29, 1.82) is 5.41 Å². The number of nitrogens with zero attached hydrogens (tertiary/aromatic N) is 3. The van der Waals surface area contributed by atoms with Gasteiger partial charge in [0, 0.05) is 54.1 Å². The third-order valence-electron chi connectivity index (χ3n) is 6.13. The maximum atomic E-state index is 14.8. The van der Waals surface area contributed by atoms with Crippen LogP contribution < -0.4 is 20.7 Å². The molecule has 2 fully saturated rings. The minimum Gasteiger partial charge on any atom is -0.489 e. The van der Waals surface area contributed by atoms with Crippen LogP contribution in [0.25, 0.3) is 0 Å². The molecule has 4 heterocycles. The van der Waals surface area contributed by atoms with E-state index in [0.29, 0.717) is 44.0 Å². The van der Waals surface area contributed by atoms with E-state index in [9.17, 15) is 4.39 Å². The molecule has 0 bridgehead atoms. The molecule has 33 heavy (non-hydrogen) atoms. The number of aromatic nitrogens is 2. The number of hydrogen-bond donors (Lipinski definition) is 3. The lowest BCUT2D eigenvalue weighted by molar-refractivity contribution is 0.158. The number of pyridine rings is 2. The van der Waals surface area contributed by atoms with Crippen molar-refractivity contribution in [3.05, 3.63) is 75.4 Å². The van der Waals surface area contributed by atoms with Crippen molar-refractivity contribution in [3.63, 3.8) is 0 Å². The van der Waals surface area contributed by atoms with Crippen LogP contribution in [0.15, 0.2) is 42.9 Å². The molecule has 3 aromatic rings. The van der Waals surface area contributed by atoms with Crippen LogP contribution in [0, 0.1) is 11.2 Å². The fourth-order valence-corrected chi connectivity index (χ4v) is 4.59. The molecule has 2 saturated heterocycles. The SMILES string of the molecule is N=C(c1cnc(N2CC3(CCN3)C2)c(F)c1)c1cc(OCc2c(Cl)cncc2Cl)ccc1N. The molecule has 2 aliphatic rings. The molecule has 2 aromatic heterocycles. The first kappa shape index (κ1) is 21.9. The van der Waals surface area contributed by atoms with Crippen molar-refractivity contribution in [2.45, 2.75) is 18.6 Å². The van der Waals surface area contributed by atoms with Crippen LogP contribution in [0.2, 0.25) is 10.0 Å². The zero-order chi connectivity index (χ0) is 23.2. The van der Waals surface area contributed by atoms with Crippen molar-refractivity contribution in [2.24, 2.45) is 0 Å². The highest BCUT2D eigenvalue weighted by molar-refractivity contribution is 6.35. The smallest absolute Gasteiger partial charge is 0.166 e. The first-order valence-electron chi connectivity index (χ1n) is 10.4. The first-order chi connectivity index (χ1) is 15.8. The van der Waals surface area contributed by atoms with Gasteiger partial charge >= 0.3 is 0 Å². The van der Waals surface area contributed by atoms with Gasteiger partial charge < -0.3 is 20.7 Å². The fourth-order valence-electron chi connectivity index (χ4n) is 4.11. The maximum Gasteiger partial charge on any atom is 0.166 e. The third-order valence-corrected chi connectivity index (χ3v) is 6.78. The largest absolute Gasteiger partial charge is 0.489 e. The summed E-state index contributed by atoms with van der Waals surface area (Å²) in [6, 6.07) is 6.28. The molecule has 1 aromatic carbocycles. The predicted octanol–water partition coefficient (Wildman–Crippen LogP) is 4.05. The highest BCUT2D eigenvalue weighted by atomic mass is 35.5. The number of ether oxygens (including phenoxy) is 1. The van der Waals surface area contributed by atoms with E-state index in [1.807, 2.05) is 4.90 Å². The summed E-state index contributed by atoms with van der Waals surface area (Å²) in [6.45, 7) is 2.61. The Bertz CT molecular complexity index is 1220.